The molecule has 1 aliphatic heterocycles. The Morgan fingerprint density at radius 2 is 1.92 bits per heavy atom. The van der Waals surface area contributed by atoms with Gasteiger partial charge in [0, 0.05) is 50.6 Å². The van der Waals surface area contributed by atoms with E-state index in [0.29, 0.717) is 0 Å². The van der Waals surface area contributed by atoms with Gasteiger partial charge in [-0.15, -0.1) is 0 Å². The summed E-state index contributed by atoms with van der Waals surface area (Å²) < 4.78 is 7.14. The zero-order chi connectivity index (χ0) is 18.1. The van der Waals surface area contributed by atoms with Crippen molar-refractivity contribution >= 4 is 5.91 Å². The standard InChI is InChI=1S/C18H27N5O2/c1-12-10-16(25-20-12)11-22-6-8-23(9-7-22)18(24)13(2)17-14(3)19-21(5)15(17)4/h10,13H,6-9,11H2,1-5H3/t13-/m1/s1. The minimum absolute atomic E-state index is 0.155. The number of amides is 1. The van der Waals surface area contributed by atoms with E-state index >= 15 is 0 Å². The van der Waals surface area contributed by atoms with E-state index in [0.717, 1.165) is 61.1 Å². The molecule has 0 bridgehead atoms. The van der Waals surface area contributed by atoms with Gasteiger partial charge in [-0.1, -0.05) is 5.16 Å². The van der Waals surface area contributed by atoms with Crippen molar-refractivity contribution in [2.45, 2.75) is 40.2 Å². The largest absolute Gasteiger partial charge is 0.360 e. The van der Waals surface area contributed by atoms with Gasteiger partial charge in [0.2, 0.25) is 5.91 Å². The fourth-order valence-corrected chi connectivity index (χ4v) is 3.65. The number of nitrogens with zero attached hydrogens (tertiary/aromatic N) is 5. The van der Waals surface area contributed by atoms with Gasteiger partial charge in [-0.2, -0.15) is 5.10 Å². The number of piperazine rings is 1. The summed E-state index contributed by atoms with van der Waals surface area (Å²) in [6.07, 6.45) is 0. The zero-order valence-electron chi connectivity index (χ0n) is 15.7. The molecule has 0 radical (unpaired) electrons. The van der Waals surface area contributed by atoms with E-state index in [-0.39, 0.29) is 11.8 Å². The lowest BCUT2D eigenvalue weighted by Crippen LogP contribution is -2.49. The van der Waals surface area contributed by atoms with Crippen LogP contribution in [0.25, 0.3) is 0 Å². The maximum atomic E-state index is 12.9. The van der Waals surface area contributed by atoms with Crippen molar-refractivity contribution in [2.24, 2.45) is 7.05 Å². The monoisotopic (exact) mass is 345 g/mol. The van der Waals surface area contributed by atoms with Gasteiger partial charge in [0.05, 0.1) is 23.9 Å². The summed E-state index contributed by atoms with van der Waals surface area (Å²) in [5, 5.41) is 8.37. The van der Waals surface area contributed by atoms with Gasteiger partial charge < -0.3 is 9.42 Å². The van der Waals surface area contributed by atoms with Gasteiger partial charge in [0.25, 0.3) is 0 Å². The van der Waals surface area contributed by atoms with Crippen LogP contribution in [0, 0.1) is 20.8 Å². The summed E-state index contributed by atoms with van der Waals surface area (Å²) in [6, 6.07) is 1.97. The van der Waals surface area contributed by atoms with E-state index in [2.05, 4.69) is 15.2 Å². The SMILES string of the molecule is Cc1cc(CN2CCN(C(=O)[C@H](C)c3c(C)nn(C)c3C)CC2)on1. The van der Waals surface area contributed by atoms with Crippen molar-refractivity contribution in [1.29, 1.82) is 0 Å². The highest BCUT2D eigenvalue weighted by molar-refractivity contribution is 5.84. The molecule has 1 fully saturated rings. The third kappa shape index (κ3) is 3.61. The Balaban J connectivity index is 1.59. The van der Waals surface area contributed by atoms with Gasteiger partial charge in [-0.05, 0) is 27.7 Å². The predicted molar refractivity (Wildman–Crippen MR) is 94.2 cm³/mol. The highest BCUT2D eigenvalue weighted by atomic mass is 16.5. The minimum Gasteiger partial charge on any atom is -0.360 e. The quantitative estimate of drug-likeness (QED) is 0.845. The van der Waals surface area contributed by atoms with Crippen LogP contribution < -0.4 is 0 Å². The Labute approximate surface area is 148 Å². The predicted octanol–water partition coefficient (Wildman–Crippen LogP) is 1.78. The molecule has 1 atom stereocenters. The van der Waals surface area contributed by atoms with Crippen LogP contribution in [0.15, 0.2) is 10.6 Å². The maximum Gasteiger partial charge on any atom is 0.230 e. The van der Waals surface area contributed by atoms with Crippen LogP contribution in [0.2, 0.25) is 0 Å². The molecule has 2 aromatic rings. The van der Waals surface area contributed by atoms with Crippen molar-refractivity contribution in [3.63, 3.8) is 0 Å². The van der Waals surface area contributed by atoms with Crippen LogP contribution in [-0.4, -0.2) is 56.8 Å². The van der Waals surface area contributed by atoms with E-state index < -0.39 is 0 Å². The molecule has 7 nitrogen and oxygen atoms in total. The van der Waals surface area contributed by atoms with Crippen LogP contribution in [0.4, 0.5) is 0 Å². The number of aromatic nitrogens is 3. The first kappa shape index (κ1) is 17.7. The molecule has 25 heavy (non-hydrogen) atoms. The summed E-state index contributed by atoms with van der Waals surface area (Å²) in [5.41, 5.74) is 3.98. The highest BCUT2D eigenvalue weighted by Gasteiger charge is 2.29. The van der Waals surface area contributed by atoms with Crippen LogP contribution >= 0.6 is 0 Å². The second-order valence-corrected chi connectivity index (χ2v) is 6.97. The van der Waals surface area contributed by atoms with Gasteiger partial charge in [0.15, 0.2) is 5.76 Å². The molecular weight excluding hydrogens is 318 g/mol. The average molecular weight is 345 g/mol. The number of rotatable bonds is 4. The Hall–Kier alpha value is -2.15. The molecule has 0 spiro atoms. The number of carbonyl (C=O) groups excluding carboxylic acids is 1. The molecule has 0 N–H and O–H groups in total. The van der Waals surface area contributed by atoms with Crippen molar-refractivity contribution in [2.75, 3.05) is 26.2 Å². The number of carbonyl (C=O) groups is 1. The Morgan fingerprint density at radius 3 is 2.44 bits per heavy atom. The molecule has 3 rings (SSSR count). The van der Waals surface area contributed by atoms with Gasteiger partial charge in [-0.3, -0.25) is 14.4 Å². The normalized spacial score (nSPS) is 17.1. The Kier molecular flexibility index (Phi) is 4.94. The average Bonchev–Trinajstić information content (AvgIpc) is 3.10. The molecule has 3 heterocycles. The van der Waals surface area contributed by atoms with E-state index in [1.54, 1.807) is 0 Å². The Bertz CT molecular complexity index is 756. The van der Waals surface area contributed by atoms with Crippen molar-refractivity contribution in [3.05, 3.63) is 34.5 Å². The van der Waals surface area contributed by atoms with E-state index in [9.17, 15) is 4.79 Å². The first-order valence-corrected chi connectivity index (χ1v) is 8.80. The van der Waals surface area contributed by atoms with Gasteiger partial charge in [-0.25, -0.2) is 0 Å². The molecule has 0 saturated carbocycles. The molecule has 1 aliphatic rings. The number of aryl methyl sites for hydroxylation is 3. The summed E-state index contributed by atoms with van der Waals surface area (Å²) in [5.74, 6) is 0.916. The molecule has 1 saturated heterocycles. The van der Waals surface area contributed by atoms with Crippen molar-refractivity contribution < 1.29 is 9.32 Å². The van der Waals surface area contributed by atoms with Crippen molar-refractivity contribution in [3.8, 4) is 0 Å². The topological polar surface area (TPSA) is 67.4 Å². The molecule has 136 valence electrons. The zero-order valence-corrected chi connectivity index (χ0v) is 15.7. The van der Waals surface area contributed by atoms with Crippen LogP contribution in [0.1, 0.15) is 41.2 Å². The highest BCUT2D eigenvalue weighted by Crippen LogP contribution is 2.25. The summed E-state index contributed by atoms with van der Waals surface area (Å²) >= 11 is 0. The molecule has 2 aromatic heterocycles. The van der Waals surface area contributed by atoms with Crippen molar-refractivity contribution in [1.82, 2.24) is 24.7 Å². The lowest BCUT2D eigenvalue weighted by atomic mass is 9.97. The van der Waals surface area contributed by atoms with E-state index in [4.69, 9.17) is 4.52 Å². The summed E-state index contributed by atoms with van der Waals surface area (Å²) in [6.45, 7) is 11.9. The maximum absolute atomic E-state index is 12.9. The van der Waals surface area contributed by atoms with E-state index in [1.807, 2.05) is 50.4 Å². The first-order valence-electron chi connectivity index (χ1n) is 8.80. The molecule has 7 heteroatoms. The Morgan fingerprint density at radius 1 is 1.24 bits per heavy atom. The second kappa shape index (κ2) is 7.00. The smallest absolute Gasteiger partial charge is 0.230 e. The fourth-order valence-electron chi connectivity index (χ4n) is 3.65. The summed E-state index contributed by atoms with van der Waals surface area (Å²) in [4.78, 5) is 17.2. The van der Waals surface area contributed by atoms with Crippen LogP contribution in [0.3, 0.4) is 0 Å². The molecule has 0 unspecified atom stereocenters. The molecular formula is C18H27N5O2. The minimum atomic E-state index is -0.155. The van der Waals surface area contributed by atoms with Crippen LogP contribution in [0.5, 0.6) is 0 Å². The second-order valence-electron chi connectivity index (χ2n) is 6.97. The number of hydrogen-bond donors (Lipinski definition) is 0. The third-order valence-electron chi connectivity index (χ3n) is 5.11. The van der Waals surface area contributed by atoms with E-state index in [1.165, 1.54) is 0 Å². The molecule has 1 amide bonds. The third-order valence-corrected chi connectivity index (χ3v) is 5.11. The van der Waals surface area contributed by atoms with Gasteiger partial charge in [0.1, 0.15) is 0 Å². The molecule has 0 aliphatic carbocycles. The summed E-state index contributed by atoms with van der Waals surface area (Å²) in [7, 11) is 1.92. The first-order chi connectivity index (χ1) is 11.9. The van der Waals surface area contributed by atoms with Gasteiger partial charge >= 0.3 is 0 Å². The lowest BCUT2D eigenvalue weighted by Gasteiger charge is -2.35. The number of hydrogen-bond acceptors (Lipinski definition) is 5. The lowest BCUT2D eigenvalue weighted by molar-refractivity contribution is -0.134. The molecule has 0 aromatic carbocycles. The fraction of sp³-hybridized carbons (Fsp3) is 0.611. The van der Waals surface area contributed by atoms with Crippen LogP contribution in [-0.2, 0) is 18.4 Å².